The van der Waals surface area contributed by atoms with Crippen LogP contribution in [0.5, 0.6) is 0 Å². The Hall–Kier alpha value is -0.360. The van der Waals surface area contributed by atoms with Crippen molar-refractivity contribution in [3.05, 3.63) is 11.6 Å². The lowest BCUT2D eigenvalue weighted by molar-refractivity contribution is 0.0912. The highest BCUT2D eigenvalue weighted by atomic mass is 32.2. The van der Waals surface area contributed by atoms with Crippen LogP contribution in [0.3, 0.4) is 0 Å². The minimum Gasteiger partial charge on any atom is -0.356 e. The second-order valence-electron chi connectivity index (χ2n) is 5.25. The molecule has 2 heterocycles. The highest BCUT2D eigenvalue weighted by Gasteiger charge is 2.26. The van der Waals surface area contributed by atoms with Crippen molar-refractivity contribution >= 4 is 17.8 Å². The Balaban J connectivity index is 1.78. The smallest absolute Gasteiger partial charge is 0.162 e. The zero-order valence-electron chi connectivity index (χ0n) is 12.0. The summed E-state index contributed by atoms with van der Waals surface area (Å²) in [5, 5.41) is 0. The molecule has 0 aromatic carbocycles. The summed E-state index contributed by atoms with van der Waals surface area (Å²) < 4.78 is 13.7. The molecule has 4 nitrogen and oxygen atoms in total. The summed E-state index contributed by atoms with van der Waals surface area (Å²) in [5.74, 6) is 0. The maximum Gasteiger partial charge on any atom is 0.162 e. The Morgan fingerprint density at radius 1 is 1.47 bits per heavy atom. The van der Waals surface area contributed by atoms with Gasteiger partial charge >= 0.3 is 0 Å². The van der Waals surface area contributed by atoms with Crippen LogP contribution in [0.15, 0.2) is 16.0 Å². The van der Waals surface area contributed by atoms with E-state index in [9.17, 15) is 0 Å². The molecule has 2 aliphatic heterocycles. The first-order chi connectivity index (χ1) is 9.31. The molecule has 0 fully saturated rings. The number of hydrogen-bond acceptors (Lipinski definition) is 5. The van der Waals surface area contributed by atoms with Crippen LogP contribution in [0.2, 0.25) is 0 Å². The fourth-order valence-electron chi connectivity index (χ4n) is 2.38. The molecule has 1 unspecified atom stereocenters. The molecule has 1 N–H and O–H groups in total. The van der Waals surface area contributed by atoms with Crippen molar-refractivity contribution in [1.82, 2.24) is 9.62 Å². The van der Waals surface area contributed by atoms with E-state index in [0.29, 0.717) is 0 Å². The van der Waals surface area contributed by atoms with Crippen molar-refractivity contribution in [2.75, 3.05) is 26.7 Å². The van der Waals surface area contributed by atoms with Crippen molar-refractivity contribution in [2.24, 2.45) is 4.40 Å². The molecule has 0 amide bonds. The summed E-state index contributed by atoms with van der Waals surface area (Å²) in [4.78, 5) is 2.33. The SMILES string of the molecule is CCCCCCOC1NSN=C1C1=CCCN(C)C1. The lowest BCUT2D eigenvalue weighted by Gasteiger charge is -2.24. The Kier molecular flexibility index (Phi) is 6.37. The zero-order chi connectivity index (χ0) is 13.5. The predicted octanol–water partition coefficient (Wildman–Crippen LogP) is 2.78. The van der Waals surface area contributed by atoms with Crippen molar-refractivity contribution in [3.63, 3.8) is 0 Å². The maximum atomic E-state index is 5.93. The van der Waals surface area contributed by atoms with Gasteiger partial charge in [-0.15, -0.1) is 0 Å². The van der Waals surface area contributed by atoms with Gasteiger partial charge in [-0.3, -0.25) is 0 Å². The molecule has 0 radical (unpaired) electrons. The molecule has 2 rings (SSSR count). The van der Waals surface area contributed by atoms with Gasteiger partial charge < -0.3 is 9.64 Å². The fraction of sp³-hybridized carbons (Fsp3) is 0.786. The van der Waals surface area contributed by atoms with Crippen molar-refractivity contribution in [1.29, 1.82) is 0 Å². The monoisotopic (exact) mass is 283 g/mol. The standard InChI is InChI=1S/C14H25N3OS/c1-3-4-5-6-10-18-14-13(15-19-16-14)12-8-7-9-17(2)11-12/h8,14,16H,3-7,9-11H2,1-2H3. The minimum absolute atomic E-state index is 0.0237. The second-order valence-corrected chi connectivity index (χ2v) is 5.85. The largest absolute Gasteiger partial charge is 0.356 e. The van der Waals surface area contributed by atoms with Crippen LogP contribution in [0.25, 0.3) is 0 Å². The number of likely N-dealkylation sites (N-methyl/N-ethyl adjacent to an activating group) is 1. The number of hydrogen-bond donors (Lipinski definition) is 1. The van der Waals surface area contributed by atoms with Gasteiger partial charge in [0.25, 0.3) is 0 Å². The summed E-state index contributed by atoms with van der Waals surface area (Å²) in [6.45, 7) is 5.17. The molecule has 0 spiro atoms. The van der Waals surface area contributed by atoms with Crippen molar-refractivity contribution < 1.29 is 4.74 Å². The van der Waals surface area contributed by atoms with Crippen LogP contribution in [0.1, 0.15) is 39.0 Å². The first-order valence-electron chi connectivity index (χ1n) is 7.30. The summed E-state index contributed by atoms with van der Waals surface area (Å²) in [6.07, 6.45) is 8.36. The van der Waals surface area contributed by atoms with E-state index in [1.807, 2.05) is 0 Å². The molecule has 0 aromatic heterocycles. The molecule has 19 heavy (non-hydrogen) atoms. The van der Waals surface area contributed by atoms with Gasteiger partial charge in [0.05, 0.1) is 17.8 Å². The lowest BCUT2D eigenvalue weighted by Crippen LogP contribution is -2.37. The molecular formula is C14H25N3OS. The summed E-state index contributed by atoms with van der Waals surface area (Å²) in [6, 6.07) is 0. The number of rotatable bonds is 7. The molecule has 0 saturated heterocycles. The van der Waals surface area contributed by atoms with Gasteiger partial charge in [-0.1, -0.05) is 32.3 Å². The van der Waals surface area contributed by atoms with Crippen LogP contribution < -0.4 is 4.72 Å². The average molecular weight is 283 g/mol. The third-order valence-electron chi connectivity index (χ3n) is 3.51. The first kappa shape index (κ1) is 15.0. The normalized spacial score (nSPS) is 24.4. The van der Waals surface area contributed by atoms with E-state index in [-0.39, 0.29) is 6.23 Å². The number of ether oxygens (including phenoxy) is 1. The molecule has 108 valence electrons. The topological polar surface area (TPSA) is 36.9 Å². The van der Waals surface area contributed by atoms with Gasteiger partial charge in [-0.2, -0.15) is 0 Å². The van der Waals surface area contributed by atoms with E-state index >= 15 is 0 Å². The first-order valence-corrected chi connectivity index (χ1v) is 8.07. The minimum atomic E-state index is -0.0237. The maximum absolute atomic E-state index is 5.93. The molecule has 0 saturated carbocycles. The molecule has 2 aliphatic rings. The molecule has 1 atom stereocenters. The van der Waals surface area contributed by atoms with Crippen molar-refractivity contribution in [3.8, 4) is 0 Å². The lowest BCUT2D eigenvalue weighted by atomic mass is 10.0. The predicted molar refractivity (Wildman–Crippen MR) is 82.2 cm³/mol. The van der Waals surface area contributed by atoms with Gasteiger partial charge in [0.1, 0.15) is 0 Å². The molecule has 0 bridgehead atoms. The summed E-state index contributed by atoms with van der Waals surface area (Å²) >= 11 is 1.41. The van der Waals surface area contributed by atoms with Gasteiger partial charge in [0.2, 0.25) is 0 Å². The fourth-order valence-corrected chi connectivity index (χ4v) is 3.02. The Labute approximate surface area is 120 Å². The van der Waals surface area contributed by atoms with Gasteiger partial charge in [-0.05, 0) is 25.5 Å². The third-order valence-corrected chi connectivity index (χ3v) is 4.11. The van der Waals surface area contributed by atoms with E-state index < -0.39 is 0 Å². The van der Waals surface area contributed by atoms with Crippen molar-refractivity contribution in [2.45, 2.75) is 45.3 Å². The van der Waals surface area contributed by atoms with E-state index in [4.69, 9.17) is 4.74 Å². The van der Waals surface area contributed by atoms with E-state index in [1.54, 1.807) is 0 Å². The summed E-state index contributed by atoms with van der Waals surface area (Å²) in [7, 11) is 2.16. The zero-order valence-corrected chi connectivity index (χ0v) is 12.8. The molecule has 0 aromatic rings. The van der Waals surface area contributed by atoms with Gasteiger partial charge in [0, 0.05) is 19.7 Å². The molecule has 0 aliphatic carbocycles. The summed E-state index contributed by atoms with van der Waals surface area (Å²) in [5.41, 5.74) is 2.41. The quantitative estimate of drug-likeness (QED) is 0.576. The highest BCUT2D eigenvalue weighted by Crippen LogP contribution is 2.21. The Bertz CT molecular complexity index is 344. The number of nitrogens with zero attached hydrogens (tertiary/aromatic N) is 2. The molecular weight excluding hydrogens is 258 g/mol. The van der Waals surface area contributed by atoms with E-state index in [2.05, 4.69) is 34.1 Å². The van der Waals surface area contributed by atoms with E-state index in [1.165, 1.54) is 37.0 Å². The van der Waals surface area contributed by atoms with E-state index in [0.717, 1.165) is 38.2 Å². The third kappa shape index (κ3) is 4.60. The highest BCUT2D eigenvalue weighted by molar-refractivity contribution is 7.96. The number of unbranched alkanes of at least 4 members (excludes halogenated alkanes) is 3. The Morgan fingerprint density at radius 2 is 2.37 bits per heavy atom. The second kappa shape index (κ2) is 8.04. The molecule has 5 heteroatoms. The number of nitrogens with one attached hydrogen (secondary N) is 1. The van der Waals surface area contributed by atoms with Crippen LogP contribution >= 0.6 is 12.1 Å². The van der Waals surface area contributed by atoms with Gasteiger partial charge in [0.15, 0.2) is 6.23 Å². The van der Waals surface area contributed by atoms with Crippen LogP contribution in [0.4, 0.5) is 0 Å². The average Bonchev–Trinajstić information content (AvgIpc) is 2.87. The van der Waals surface area contributed by atoms with Crippen LogP contribution in [-0.2, 0) is 4.74 Å². The Morgan fingerprint density at radius 3 is 3.16 bits per heavy atom. The van der Waals surface area contributed by atoms with Crippen LogP contribution in [0, 0.1) is 0 Å². The van der Waals surface area contributed by atoms with Gasteiger partial charge in [-0.25, -0.2) is 9.12 Å². The van der Waals surface area contributed by atoms with Crippen LogP contribution in [-0.4, -0.2) is 43.6 Å².